The molecule has 2 rings (SSSR count). The molecule has 1 N–H and O–H groups in total. The van der Waals surface area contributed by atoms with Crippen LogP contribution in [0.25, 0.3) is 0 Å². The summed E-state index contributed by atoms with van der Waals surface area (Å²) in [5.74, 6) is 0.305. The van der Waals surface area contributed by atoms with E-state index in [1.165, 1.54) is 14.0 Å². The zero-order valence-electron chi connectivity index (χ0n) is 12.8. The minimum absolute atomic E-state index is 0.0633. The summed E-state index contributed by atoms with van der Waals surface area (Å²) in [6.45, 7) is 3.83. The third-order valence-corrected chi connectivity index (χ3v) is 3.11. The zero-order chi connectivity index (χ0) is 16.1. The molecule has 0 bridgehead atoms. The van der Waals surface area contributed by atoms with Crippen LogP contribution >= 0.6 is 0 Å². The Morgan fingerprint density at radius 2 is 2.23 bits per heavy atom. The molecule has 0 amide bonds. The maximum absolute atomic E-state index is 12.1. The number of hydrogen-bond donors (Lipinski definition) is 1. The van der Waals surface area contributed by atoms with Crippen molar-refractivity contribution in [2.45, 2.75) is 20.3 Å². The van der Waals surface area contributed by atoms with Crippen molar-refractivity contribution < 1.29 is 23.8 Å². The molecule has 0 unspecified atom stereocenters. The third kappa shape index (κ3) is 3.19. The van der Waals surface area contributed by atoms with E-state index in [1.54, 1.807) is 19.1 Å². The van der Waals surface area contributed by atoms with Gasteiger partial charge in [0.05, 0.1) is 31.6 Å². The van der Waals surface area contributed by atoms with Gasteiger partial charge in [0.15, 0.2) is 17.3 Å². The second-order valence-corrected chi connectivity index (χ2v) is 4.57. The summed E-state index contributed by atoms with van der Waals surface area (Å²) >= 11 is 0. The Labute approximate surface area is 128 Å². The maximum Gasteiger partial charge on any atom is 0.354 e. The van der Waals surface area contributed by atoms with Crippen LogP contribution in [0.4, 0.5) is 5.69 Å². The summed E-state index contributed by atoms with van der Waals surface area (Å²) in [4.78, 5) is 23.7. The van der Waals surface area contributed by atoms with Gasteiger partial charge in [-0.3, -0.25) is 10.2 Å². The quantitative estimate of drug-likeness (QED) is 0.509. The highest BCUT2D eigenvalue weighted by molar-refractivity contribution is 6.35. The average molecular weight is 306 g/mol. The molecule has 1 heterocycles. The molecule has 22 heavy (non-hydrogen) atoms. The Morgan fingerprint density at radius 3 is 2.91 bits per heavy atom. The highest BCUT2D eigenvalue weighted by Crippen LogP contribution is 2.39. The fourth-order valence-corrected chi connectivity index (χ4v) is 2.03. The van der Waals surface area contributed by atoms with Crippen molar-refractivity contribution in [2.75, 3.05) is 25.7 Å². The van der Waals surface area contributed by atoms with Crippen LogP contribution in [0.15, 0.2) is 17.2 Å². The Balaban J connectivity index is 2.31. The van der Waals surface area contributed by atoms with Crippen LogP contribution in [0.3, 0.4) is 0 Å². The number of hydrogen-bond acceptors (Lipinski definition) is 7. The fourth-order valence-electron chi connectivity index (χ4n) is 2.03. The van der Waals surface area contributed by atoms with Crippen molar-refractivity contribution in [3.8, 4) is 11.5 Å². The maximum atomic E-state index is 12.1. The summed E-state index contributed by atoms with van der Waals surface area (Å²) in [7, 11) is 1.51. The first-order chi connectivity index (χ1) is 10.6. The predicted molar refractivity (Wildman–Crippen MR) is 80.8 cm³/mol. The molecule has 1 aromatic carbocycles. The lowest BCUT2D eigenvalue weighted by Crippen LogP contribution is -2.19. The Hall–Kier alpha value is -2.57. The Bertz CT molecular complexity index is 625. The minimum atomic E-state index is -0.514. The van der Waals surface area contributed by atoms with Crippen LogP contribution in [0, 0.1) is 0 Å². The number of nitrogens with zero attached hydrogens (tertiary/aromatic N) is 1. The topological polar surface area (TPSA) is 86.2 Å². The van der Waals surface area contributed by atoms with Crippen molar-refractivity contribution in [2.24, 2.45) is 5.10 Å². The molecule has 118 valence electrons. The van der Waals surface area contributed by atoms with Gasteiger partial charge in [-0.2, -0.15) is 5.10 Å². The SMILES string of the molecule is CCOC(=O)/C(C)=N/Nc1ccc(OC)c2c1C(=O)CCO2. The summed E-state index contributed by atoms with van der Waals surface area (Å²) in [5, 5.41) is 3.95. The summed E-state index contributed by atoms with van der Waals surface area (Å²) in [6, 6.07) is 3.33. The highest BCUT2D eigenvalue weighted by Gasteiger charge is 2.25. The molecule has 0 aliphatic carbocycles. The first kappa shape index (κ1) is 15.8. The number of carbonyl (C=O) groups is 2. The number of esters is 1. The van der Waals surface area contributed by atoms with Gasteiger partial charge in [-0.25, -0.2) is 4.79 Å². The van der Waals surface area contributed by atoms with Crippen molar-refractivity contribution in [3.05, 3.63) is 17.7 Å². The van der Waals surface area contributed by atoms with Crippen LogP contribution in [-0.2, 0) is 9.53 Å². The van der Waals surface area contributed by atoms with Gasteiger partial charge in [0.1, 0.15) is 5.71 Å². The number of ether oxygens (including phenoxy) is 3. The van der Waals surface area contributed by atoms with Crippen LogP contribution < -0.4 is 14.9 Å². The molecule has 1 aliphatic heterocycles. The number of benzene rings is 1. The van der Waals surface area contributed by atoms with Crippen LogP contribution in [0.2, 0.25) is 0 Å². The molecule has 0 atom stereocenters. The van der Waals surface area contributed by atoms with Crippen molar-refractivity contribution in [1.29, 1.82) is 0 Å². The van der Waals surface area contributed by atoms with Crippen molar-refractivity contribution in [3.63, 3.8) is 0 Å². The van der Waals surface area contributed by atoms with E-state index in [0.29, 0.717) is 29.4 Å². The van der Waals surface area contributed by atoms with Crippen LogP contribution in [0.1, 0.15) is 30.6 Å². The number of methoxy groups -OCH3 is 1. The van der Waals surface area contributed by atoms with E-state index in [9.17, 15) is 9.59 Å². The number of fused-ring (bicyclic) bond motifs is 1. The Kier molecular flexibility index (Phi) is 4.98. The molecule has 0 spiro atoms. The first-order valence-electron chi connectivity index (χ1n) is 6.92. The second-order valence-electron chi connectivity index (χ2n) is 4.57. The van der Waals surface area contributed by atoms with E-state index in [2.05, 4.69) is 10.5 Å². The average Bonchev–Trinajstić information content (AvgIpc) is 2.52. The third-order valence-electron chi connectivity index (χ3n) is 3.11. The summed E-state index contributed by atoms with van der Waals surface area (Å²) < 4.78 is 15.6. The van der Waals surface area contributed by atoms with E-state index in [0.717, 1.165) is 0 Å². The number of Topliss-reactive ketones (excluding diaryl/α,β-unsaturated/α-hetero) is 1. The fraction of sp³-hybridized carbons (Fsp3) is 0.400. The molecule has 1 aromatic rings. The minimum Gasteiger partial charge on any atom is -0.493 e. The smallest absolute Gasteiger partial charge is 0.354 e. The molecule has 0 aromatic heterocycles. The van der Waals surface area contributed by atoms with Gasteiger partial charge >= 0.3 is 5.97 Å². The molecule has 0 radical (unpaired) electrons. The molecule has 7 heteroatoms. The van der Waals surface area contributed by atoms with Crippen LogP contribution in [0.5, 0.6) is 11.5 Å². The largest absolute Gasteiger partial charge is 0.493 e. The van der Waals surface area contributed by atoms with E-state index < -0.39 is 5.97 Å². The number of anilines is 1. The number of rotatable bonds is 5. The van der Waals surface area contributed by atoms with E-state index in [4.69, 9.17) is 14.2 Å². The molecule has 7 nitrogen and oxygen atoms in total. The standard InChI is InChI=1S/C15H18N2O5/c1-4-21-15(19)9(2)16-17-10-5-6-12(20-3)14-13(10)11(18)7-8-22-14/h5-6,17H,4,7-8H2,1-3H3/b16-9+. The molecule has 0 saturated carbocycles. The zero-order valence-corrected chi connectivity index (χ0v) is 12.8. The number of nitrogens with one attached hydrogen (secondary N) is 1. The van der Waals surface area contributed by atoms with E-state index in [1.807, 2.05) is 0 Å². The number of ketones is 1. The van der Waals surface area contributed by atoms with E-state index in [-0.39, 0.29) is 24.5 Å². The van der Waals surface area contributed by atoms with Gasteiger partial charge < -0.3 is 14.2 Å². The lowest BCUT2D eigenvalue weighted by atomic mass is 10.0. The predicted octanol–water partition coefficient (Wildman–Crippen LogP) is 2.01. The molecule has 0 fully saturated rings. The number of hydrazone groups is 1. The van der Waals surface area contributed by atoms with Gasteiger partial charge in [0, 0.05) is 6.42 Å². The highest BCUT2D eigenvalue weighted by atomic mass is 16.5. The molecule has 0 saturated heterocycles. The van der Waals surface area contributed by atoms with Gasteiger partial charge in [-0.15, -0.1) is 0 Å². The van der Waals surface area contributed by atoms with Crippen molar-refractivity contribution >= 4 is 23.2 Å². The van der Waals surface area contributed by atoms with E-state index >= 15 is 0 Å². The lowest BCUT2D eigenvalue weighted by molar-refractivity contribution is -0.135. The van der Waals surface area contributed by atoms with Gasteiger partial charge in [-0.1, -0.05) is 0 Å². The number of carbonyl (C=O) groups excluding carboxylic acids is 2. The first-order valence-corrected chi connectivity index (χ1v) is 6.92. The Morgan fingerprint density at radius 1 is 1.45 bits per heavy atom. The van der Waals surface area contributed by atoms with Gasteiger partial charge in [-0.05, 0) is 26.0 Å². The lowest BCUT2D eigenvalue weighted by Gasteiger charge is -2.21. The summed E-state index contributed by atoms with van der Waals surface area (Å²) in [6.07, 6.45) is 0.287. The summed E-state index contributed by atoms with van der Waals surface area (Å²) in [5.41, 5.74) is 3.73. The molecule has 1 aliphatic rings. The van der Waals surface area contributed by atoms with Crippen LogP contribution in [-0.4, -0.2) is 37.8 Å². The monoisotopic (exact) mass is 306 g/mol. The molecular formula is C15H18N2O5. The van der Waals surface area contributed by atoms with Crippen molar-refractivity contribution in [1.82, 2.24) is 0 Å². The van der Waals surface area contributed by atoms with Gasteiger partial charge in [0.2, 0.25) is 0 Å². The normalized spacial score (nSPS) is 14.0. The van der Waals surface area contributed by atoms with Gasteiger partial charge in [0.25, 0.3) is 0 Å². The second kappa shape index (κ2) is 6.93. The molecular weight excluding hydrogens is 288 g/mol.